The van der Waals surface area contributed by atoms with Crippen LogP contribution in [0.4, 0.5) is 22.0 Å². The molecule has 0 fully saturated rings. The predicted molar refractivity (Wildman–Crippen MR) is 41.7 cm³/mol. The molecule has 7 heteroatoms. The van der Waals surface area contributed by atoms with Gasteiger partial charge in [0.1, 0.15) is 0 Å². The number of alkyl halides is 5. The van der Waals surface area contributed by atoms with E-state index in [4.69, 9.17) is 0 Å². The average molecular weight is 234 g/mol. The first kappa shape index (κ1) is 14.1. The summed E-state index contributed by atoms with van der Waals surface area (Å²) in [5.74, 6) is -6.01. The van der Waals surface area contributed by atoms with E-state index in [1.54, 1.807) is 0 Å². The van der Waals surface area contributed by atoms with Crippen molar-refractivity contribution < 1.29 is 31.5 Å². The Labute approximate surface area is 83.4 Å². The first-order valence-corrected chi connectivity index (χ1v) is 4.15. The number of carbonyl (C=O) groups excluding carboxylic acids is 1. The van der Waals surface area contributed by atoms with E-state index < -0.39 is 30.6 Å². The molecule has 0 aliphatic carbocycles. The lowest BCUT2D eigenvalue weighted by molar-refractivity contribution is -0.187. The molecule has 1 unspecified atom stereocenters. The monoisotopic (exact) mass is 234 g/mol. The smallest absolute Gasteiger partial charge is 0.343 e. The van der Waals surface area contributed by atoms with Gasteiger partial charge >= 0.3 is 18.3 Å². The maximum atomic E-state index is 13.1. The van der Waals surface area contributed by atoms with Gasteiger partial charge in [-0.1, -0.05) is 6.92 Å². The van der Waals surface area contributed by atoms with Gasteiger partial charge in [0.15, 0.2) is 6.61 Å². The highest BCUT2D eigenvalue weighted by molar-refractivity contribution is 5.78. The number of ether oxygens (including phenoxy) is 1. The summed E-state index contributed by atoms with van der Waals surface area (Å²) in [5, 5.41) is 0. The molecule has 1 atom stereocenters. The van der Waals surface area contributed by atoms with Gasteiger partial charge in [-0.25, -0.2) is 18.0 Å². The van der Waals surface area contributed by atoms with E-state index in [9.17, 15) is 26.7 Å². The van der Waals surface area contributed by atoms with Crippen LogP contribution >= 0.6 is 0 Å². The van der Waals surface area contributed by atoms with Crippen molar-refractivity contribution in [2.45, 2.75) is 38.3 Å². The number of carbonyl (C=O) groups is 1. The fraction of sp³-hybridized carbons (Fsp3) is 0.875. The Morgan fingerprint density at radius 1 is 1.33 bits per heavy atom. The number of esters is 1. The molecule has 0 radical (unpaired) electrons. The van der Waals surface area contributed by atoms with Gasteiger partial charge < -0.3 is 4.74 Å². The van der Waals surface area contributed by atoms with Crippen LogP contribution < -0.4 is 0 Å². The Bertz CT molecular complexity index is 227. The van der Waals surface area contributed by atoms with Gasteiger partial charge in [-0.05, 0) is 13.3 Å². The standard InChI is InChI=1S/C8H11F5O2/c1-3-7(2,11)6(14)15-4-8(12,13)5(9)10/h5H,3-4H2,1-2H3. The van der Waals surface area contributed by atoms with Crippen molar-refractivity contribution in [2.24, 2.45) is 0 Å². The Kier molecular flexibility index (Phi) is 4.48. The van der Waals surface area contributed by atoms with Gasteiger partial charge in [-0.15, -0.1) is 0 Å². The third-order valence-corrected chi connectivity index (χ3v) is 1.80. The Balaban J connectivity index is 4.24. The molecule has 0 aromatic carbocycles. The van der Waals surface area contributed by atoms with Crippen molar-refractivity contribution in [3.8, 4) is 0 Å². The topological polar surface area (TPSA) is 26.3 Å². The second-order valence-electron chi connectivity index (χ2n) is 3.19. The summed E-state index contributed by atoms with van der Waals surface area (Å²) >= 11 is 0. The van der Waals surface area contributed by atoms with E-state index in [2.05, 4.69) is 4.74 Å². The van der Waals surface area contributed by atoms with E-state index in [1.807, 2.05) is 0 Å². The normalized spacial score (nSPS) is 16.3. The van der Waals surface area contributed by atoms with E-state index in [1.165, 1.54) is 6.92 Å². The Morgan fingerprint density at radius 2 is 1.80 bits per heavy atom. The predicted octanol–water partition coefficient (Wildman–Crippen LogP) is 2.57. The van der Waals surface area contributed by atoms with E-state index in [0.717, 1.165) is 6.92 Å². The van der Waals surface area contributed by atoms with Crippen LogP contribution in [0.15, 0.2) is 0 Å². The lowest BCUT2D eigenvalue weighted by Crippen LogP contribution is -2.38. The van der Waals surface area contributed by atoms with Crippen LogP contribution in [0.5, 0.6) is 0 Å². The fourth-order valence-corrected chi connectivity index (χ4v) is 0.520. The van der Waals surface area contributed by atoms with Crippen molar-refractivity contribution in [3.05, 3.63) is 0 Å². The molecule has 0 bridgehead atoms. The summed E-state index contributed by atoms with van der Waals surface area (Å²) in [6, 6.07) is 0. The molecule has 0 spiro atoms. The van der Waals surface area contributed by atoms with Crippen molar-refractivity contribution in [1.29, 1.82) is 0 Å². The van der Waals surface area contributed by atoms with Crippen molar-refractivity contribution in [1.82, 2.24) is 0 Å². The first-order chi connectivity index (χ1) is 6.63. The summed E-state index contributed by atoms with van der Waals surface area (Å²) in [5.41, 5.74) is -2.43. The van der Waals surface area contributed by atoms with Gasteiger partial charge in [-0.3, -0.25) is 0 Å². The summed E-state index contributed by atoms with van der Waals surface area (Å²) < 4.78 is 64.6. The van der Waals surface area contributed by atoms with Gasteiger partial charge in [0.25, 0.3) is 0 Å². The SMILES string of the molecule is CCC(C)(F)C(=O)OCC(F)(F)C(F)F. The van der Waals surface area contributed by atoms with E-state index >= 15 is 0 Å². The number of halogens is 5. The summed E-state index contributed by atoms with van der Waals surface area (Å²) in [6.07, 6.45) is -4.23. The molecular formula is C8H11F5O2. The lowest BCUT2D eigenvalue weighted by Gasteiger charge is -2.19. The molecule has 0 aliphatic rings. The quantitative estimate of drug-likeness (QED) is 0.539. The van der Waals surface area contributed by atoms with Crippen molar-refractivity contribution >= 4 is 5.97 Å². The molecule has 0 aromatic heterocycles. The lowest BCUT2D eigenvalue weighted by atomic mass is 10.1. The second kappa shape index (κ2) is 4.76. The maximum absolute atomic E-state index is 13.1. The minimum absolute atomic E-state index is 0.286. The van der Waals surface area contributed by atoms with Gasteiger partial charge in [-0.2, -0.15) is 8.78 Å². The Morgan fingerprint density at radius 3 is 2.13 bits per heavy atom. The highest BCUT2D eigenvalue weighted by Crippen LogP contribution is 2.24. The van der Waals surface area contributed by atoms with Crippen LogP contribution in [-0.4, -0.2) is 30.6 Å². The molecule has 0 aromatic rings. The molecule has 0 amide bonds. The van der Waals surface area contributed by atoms with Crippen LogP contribution in [0, 0.1) is 0 Å². The van der Waals surface area contributed by atoms with Crippen LogP contribution in [-0.2, 0) is 9.53 Å². The zero-order valence-electron chi connectivity index (χ0n) is 8.20. The molecule has 0 saturated carbocycles. The average Bonchev–Trinajstić information content (AvgIpc) is 2.13. The highest BCUT2D eigenvalue weighted by Gasteiger charge is 2.44. The largest absolute Gasteiger partial charge is 0.457 e. The zero-order valence-corrected chi connectivity index (χ0v) is 8.20. The molecular weight excluding hydrogens is 223 g/mol. The van der Waals surface area contributed by atoms with Crippen molar-refractivity contribution in [2.75, 3.05) is 6.61 Å². The third kappa shape index (κ3) is 4.01. The number of hydrogen-bond acceptors (Lipinski definition) is 2. The third-order valence-electron chi connectivity index (χ3n) is 1.80. The van der Waals surface area contributed by atoms with Crippen molar-refractivity contribution in [3.63, 3.8) is 0 Å². The highest BCUT2D eigenvalue weighted by atomic mass is 19.3. The molecule has 2 nitrogen and oxygen atoms in total. The van der Waals surface area contributed by atoms with Crippen LogP contribution in [0.1, 0.15) is 20.3 Å². The summed E-state index contributed by atoms with van der Waals surface area (Å²) in [6.45, 7) is 0.311. The first-order valence-electron chi connectivity index (χ1n) is 4.15. The number of rotatable bonds is 5. The molecule has 0 aliphatic heterocycles. The minimum Gasteiger partial charge on any atom is -0.457 e. The zero-order chi connectivity index (χ0) is 12.3. The maximum Gasteiger partial charge on any atom is 0.343 e. The summed E-state index contributed by atoms with van der Waals surface area (Å²) in [4.78, 5) is 10.8. The molecule has 90 valence electrons. The van der Waals surface area contributed by atoms with Crippen LogP contribution in [0.2, 0.25) is 0 Å². The van der Waals surface area contributed by atoms with Crippen LogP contribution in [0.25, 0.3) is 0 Å². The molecule has 15 heavy (non-hydrogen) atoms. The Hall–Kier alpha value is -0.880. The molecule has 0 heterocycles. The second-order valence-corrected chi connectivity index (χ2v) is 3.19. The van der Waals surface area contributed by atoms with Gasteiger partial charge in [0, 0.05) is 0 Å². The van der Waals surface area contributed by atoms with Gasteiger partial charge in [0.2, 0.25) is 5.67 Å². The van der Waals surface area contributed by atoms with Gasteiger partial charge in [0.05, 0.1) is 0 Å². The molecule has 0 rings (SSSR count). The van der Waals surface area contributed by atoms with E-state index in [-0.39, 0.29) is 6.42 Å². The fourth-order valence-electron chi connectivity index (χ4n) is 0.520. The summed E-state index contributed by atoms with van der Waals surface area (Å²) in [7, 11) is 0. The van der Waals surface area contributed by atoms with E-state index in [0.29, 0.717) is 0 Å². The molecule has 0 saturated heterocycles. The molecule has 0 N–H and O–H groups in total. The van der Waals surface area contributed by atoms with Crippen LogP contribution in [0.3, 0.4) is 0 Å². The minimum atomic E-state index is -4.44. The number of hydrogen-bond donors (Lipinski definition) is 0.